The average molecular weight is 424 g/mol. The van der Waals surface area contributed by atoms with E-state index in [4.69, 9.17) is 4.52 Å². The highest BCUT2D eigenvalue weighted by atomic mass is 32.2. The predicted octanol–water partition coefficient (Wildman–Crippen LogP) is 4.70. The Hall–Kier alpha value is -3.04. The largest absolute Gasteiger partial charge is 0.339 e. The first kappa shape index (κ1) is 19.3. The van der Waals surface area contributed by atoms with Gasteiger partial charge in [0.2, 0.25) is 17.6 Å². The van der Waals surface area contributed by atoms with Crippen molar-refractivity contribution < 1.29 is 9.32 Å². The fourth-order valence-electron chi connectivity index (χ4n) is 2.54. The van der Waals surface area contributed by atoms with Crippen LogP contribution in [-0.4, -0.2) is 26.0 Å². The molecule has 9 heteroatoms. The van der Waals surface area contributed by atoms with Crippen molar-refractivity contribution in [3.05, 3.63) is 66.1 Å². The summed E-state index contributed by atoms with van der Waals surface area (Å²) >= 11 is 3.01. The third-order valence-electron chi connectivity index (χ3n) is 3.87. The number of rotatable bonds is 8. The van der Waals surface area contributed by atoms with Crippen molar-refractivity contribution in [3.8, 4) is 10.7 Å². The van der Waals surface area contributed by atoms with Crippen molar-refractivity contribution in [2.24, 2.45) is 0 Å². The Labute approximate surface area is 175 Å². The molecular formula is C20H17N5O2S2. The van der Waals surface area contributed by atoms with Gasteiger partial charge in [-0.05, 0) is 42.1 Å². The summed E-state index contributed by atoms with van der Waals surface area (Å²) in [5.41, 5.74) is 0.709. The Morgan fingerprint density at radius 3 is 2.86 bits per heavy atom. The number of nitrogens with zero attached hydrogens (tertiary/aromatic N) is 4. The molecule has 0 aliphatic heterocycles. The van der Waals surface area contributed by atoms with Crippen LogP contribution in [0.25, 0.3) is 10.7 Å². The molecule has 0 aromatic carbocycles. The standard InChI is InChI=1S/C20H17N5O2S2/c26-16(6-3-7-17-24-20(25-27-17)15-5-4-12-28-15)23-14-9-11-22-19(13-14)29-18-8-1-2-10-21-18/h1-2,4-5,8-13H,3,6-7H2,(H,22,23,26). The summed E-state index contributed by atoms with van der Waals surface area (Å²) in [6.07, 6.45) is 4.95. The summed E-state index contributed by atoms with van der Waals surface area (Å²) in [4.78, 5) is 26.2. The first-order valence-corrected chi connectivity index (χ1v) is 10.7. The summed E-state index contributed by atoms with van der Waals surface area (Å²) in [6.45, 7) is 0. The molecule has 4 aromatic rings. The molecule has 146 valence electrons. The van der Waals surface area contributed by atoms with Crippen LogP contribution in [0.2, 0.25) is 0 Å². The smallest absolute Gasteiger partial charge is 0.226 e. The number of thiophene rings is 1. The molecule has 0 bridgehead atoms. The van der Waals surface area contributed by atoms with Gasteiger partial charge in [0, 0.05) is 30.9 Å². The van der Waals surface area contributed by atoms with Crippen LogP contribution in [0.4, 0.5) is 5.69 Å². The first-order valence-electron chi connectivity index (χ1n) is 8.97. The van der Waals surface area contributed by atoms with Crippen LogP contribution in [0.1, 0.15) is 18.7 Å². The number of carbonyl (C=O) groups excluding carboxylic acids is 1. The van der Waals surface area contributed by atoms with Gasteiger partial charge in [-0.3, -0.25) is 4.79 Å². The van der Waals surface area contributed by atoms with Crippen LogP contribution >= 0.6 is 23.1 Å². The molecule has 0 aliphatic carbocycles. The van der Waals surface area contributed by atoms with Crippen LogP contribution in [-0.2, 0) is 11.2 Å². The summed E-state index contributed by atoms with van der Waals surface area (Å²) in [7, 11) is 0. The summed E-state index contributed by atoms with van der Waals surface area (Å²) < 4.78 is 5.26. The molecule has 0 fully saturated rings. The molecule has 0 spiro atoms. The van der Waals surface area contributed by atoms with Gasteiger partial charge in [-0.1, -0.05) is 29.1 Å². The first-order chi connectivity index (χ1) is 14.3. The minimum absolute atomic E-state index is 0.0667. The van der Waals surface area contributed by atoms with Gasteiger partial charge in [0.05, 0.1) is 4.88 Å². The fraction of sp³-hybridized carbons (Fsp3) is 0.150. The Morgan fingerprint density at radius 1 is 1.10 bits per heavy atom. The quantitative estimate of drug-likeness (QED) is 0.439. The van der Waals surface area contributed by atoms with Crippen molar-refractivity contribution in [3.63, 3.8) is 0 Å². The minimum atomic E-state index is -0.0667. The van der Waals surface area contributed by atoms with Crippen molar-refractivity contribution >= 4 is 34.7 Å². The molecule has 0 saturated heterocycles. The SMILES string of the molecule is O=C(CCCc1nc(-c2cccs2)no1)Nc1ccnc(Sc2ccccn2)c1. The van der Waals surface area contributed by atoms with Crippen LogP contribution < -0.4 is 5.32 Å². The third kappa shape index (κ3) is 5.49. The maximum Gasteiger partial charge on any atom is 0.226 e. The van der Waals surface area contributed by atoms with E-state index in [1.54, 1.807) is 29.8 Å². The van der Waals surface area contributed by atoms with E-state index in [0.717, 1.165) is 14.9 Å². The Bertz CT molecular complexity index is 1070. The number of aryl methyl sites for hydroxylation is 1. The lowest BCUT2D eigenvalue weighted by Crippen LogP contribution is -2.11. The second-order valence-electron chi connectivity index (χ2n) is 6.04. The Kier molecular flexibility index (Phi) is 6.28. The molecule has 7 nitrogen and oxygen atoms in total. The van der Waals surface area contributed by atoms with E-state index in [-0.39, 0.29) is 5.91 Å². The molecule has 0 atom stereocenters. The van der Waals surface area contributed by atoms with Gasteiger partial charge in [-0.15, -0.1) is 11.3 Å². The minimum Gasteiger partial charge on any atom is -0.339 e. The van der Waals surface area contributed by atoms with E-state index >= 15 is 0 Å². The van der Waals surface area contributed by atoms with Crippen molar-refractivity contribution in [2.75, 3.05) is 5.32 Å². The van der Waals surface area contributed by atoms with Gasteiger partial charge in [0.15, 0.2) is 0 Å². The van der Waals surface area contributed by atoms with Crippen molar-refractivity contribution in [1.29, 1.82) is 0 Å². The number of anilines is 1. The number of nitrogens with one attached hydrogen (secondary N) is 1. The lowest BCUT2D eigenvalue weighted by Gasteiger charge is -2.06. The predicted molar refractivity (Wildman–Crippen MR) is 112 cm³/mol. The molecule has 0 saturated carbocycles. The summed E-state index contributed by atoms with van der Waals surface area (Å²) in [6, 6.07) is 13.2. The molecule has 0 unspecified atom stereocenters. The Balaban J connectivity index is 1.26. The van der Waals surface area contributed by atoms with E-state index in [2.05, 4.69) is 25.4 Å². The van der Waals surface area contributed by atoms with E-state index < -0.39 is 0 Å². The highest BCUT2D eigenvalue weighted by Gasteiger charge is 2.11. The van der Waals surface area contributed by atoms with Crippen LogP contribution in [0.5, 0.6) is 0 Å². The number of hydrogen-bond acceptors (Lipinski definition) is 8. The molecule has 29 heavy (non-hydrogen) atoms. The van der Waals surface area contributed by atoms with Gasteiger partial charge in [0.25, 0.3) is 0 Å². The van der Waals surface area contributed by atoms with Gasteiger partial charge in [-0.25, -0.2) is 9.97 Å². The fourth-order valence-corrected chi connectivity index (χ4v) is 3.97. The molecule has 4 aromatic heterocycles. The van der Waals surface area contributed by atoms with Crippen LogP contribution in [0, 0.1) is 0 Å². The number of aromatic nitrogens is 4. The number of hydrogen-bond donors (Lipinski definition) is 1. The van der Waals surface area contributed by atoms with Crippen LogP contribution in [0.15, 0.2) is 74.8 Å². The lowest BCUT2D eigenvalue weighted by molar-refractivity contribution is -0.116. The lowest BCUT2D eigenvalue weighted by atomic mass is 10.2. The molecule has 1 N–H and O–H groups in total. The molecular weight excluding hydrogens is 406 g/mol. The number of amides is 1. The topological polar surface area (TPSA) is 93.8 Å². The Morgan fingerprint density at radius 2 is 2.03 bits per heavy atom. The maximum atomic E-state index is 12.2. The van der Waals surface area contributed by atoms with Gasteiger partial charge in [0.1, 0.15) is 10.1 Å². The molecule has 0 radical (unpaired) electrons. The van der Waals surface area contributed by atoms with E-state index in [0.29, 0.717) is 36.7 Å². The van der Waals surface area contributed by atoms with Gasteiger partial charge < -0.3 is 9.84 Å². The summed E-state index contributed by atoms with van der Waals surface area (Å²) in [5, 5.41) is 10.5. The average Bonchev–Trinajstić information content (AvgIpc) is 3.41. The summed E-state index contributed by atoms with van der Waals surface area (Å²) in [5.74, 6) is 1.07. The van der Waals surface area contributed by atoms with Crippen molar-refractivity contribution in [1.82, 2.24) is 20.1 Å². The zero-order chi connectivity index (χ0) is 19.9. The second-order valence-corrected chi connectivity index (χ2v) is 8.03. The van der Waals surface area contributed by atoms with E-state index in [1.807, 2.05) is 41.8 Å². The monoisotopic (exact) mass is 423 g/mol. The number of carbonyl (C=O) groups is 1. The normalized spacial score (nSPS) is 10.8. The van der Waals surface area contributed by atoms with E-state index in [9.17, 15) is 4.79 Å². The third-order valence-corrected chi connectivity index (χ3v) is 5.62. The van der Waals surface area contributed by atoms with Gasteiger partial charge >= 0.3 is 0 Å². The molecule has 1 amide bonds. The highest BCUT2D eigenvalue weighted by Crippen LogP contribution is 2.25. The molecule has 0 aliphatic rings. The van der Waals surface area contributed by atoms with Gasteiger partial charge in [-0.2, -0.15) is 4.98 Å². The second kappa shape index (κ2) is 9.44. The maximum absolute atomic E-state index is 12.2. The molecule has 4 heterocycles. The number of pyridine rings is 2. The van der Waals surface area contributed by atoms with Crippen LogP contribution in [0.3, 0.4) is 0 Å². The van der Waals surface area contributed by atoms with E-state index in [1.165, 1.54) is 11.8 Å². The highest BCUT2D eigenvalue weighted by molar-refractivity contribution is 7.99. The zero-order valence-corrected chi connectivity index (χ0v) is 16.9. The zero-order valence-electron chi connectivity index (χ0n) is 15.3. The van der Waals surface area contributed by atoms with Crippen molar-refractivity contribution in [2.45, 2.75) is 29.3 Å². The molecule has 4 rings (SSSR count).